The Balaban J connectivity index is 1.98. The van der Waals surface area contributed by atoms with Gasteiger partial charge in [-0.2, -0.15) is 5.10 Å². The van der Waals surface area contributed by atoms with Crippen molar-refractivity contribution in [2.75, 3.05) is 0 Å². The zero-order valence-corrected chi connectivity index (χ0v) is 10.9. The van der Waals surface area contributed by atoms with Crippen LogP contribution in [-0.2, 0) is 6.54 Å². The van der Waals surface area contributed by atoms with E-state index in [1.54, 1.807) is 0 Å². The molecule has 1 unspecified atom stereocenters. The highest BCUT2D eigenvalue weighted by atomic mass is 15.3. The Morgan fingerprint density at radius 1 is 1.29 bits per heavy atom. The van der Waals surface area contributed by atoms with Gasteiger partial charge in [0.15, 0.2) is 0 Å². The molecule has 0 amide bonds. The number of rotatable bonds is 3. The predicted octanol–water partition coefficient (Wildman–Crippen LogP) is 3.26. The minimum absolute atomic E-state index is 0.188. The first-order chi connectivity index (χ1) is 8.31. The van der Waals surface area contributed by atoms with Gasteiger partial charge in [-0.15, -0.1) is 0 Å². The van der Waals surface area contributed by atoms with Crippen LogP contribution in [0.15, 0.2) is 12.4 Å². The number of nitrogens with two attached hydrogens (primary N) is 1. The minimum atomic E-state index is 0.188. The number of aryl methyl sites for hydroxylation is 1. The molecule has 1 aromatic rings. The summed E-state index contributed by atoms with van der Waals surface area (Å²) in [6, 6.07) is 0.188. The van der Waals surface area contributed by atoms with Gasteiger partial charge in [0.2, 0.25) is 0 Å². The summed E-state index contributed by atoms with van der Waals surface area (Å²) in [5.41, 5.74) is 7.62. The smallest absolute Gasteiger partial charge is 0.0537 e. The van der Waals surface area contributed by atoms with Gasteiger partial charge in [0.25, 0.3) is 0 Å². The van der Waals surface area contributed by atoms with Crippen molar-refractivity contribution in [1.82, 2.24) is 9.78 Å². The summed E-state index contributed by atoms with van der Waals surface area (Å²) in [6.45, 7) is 3.04. The van der Waals surface area contributed by atoms with Crippen molar-refractivity contribution in [2.24, 2.45) is 11.7 Å². The summed E-state index contributed by atoms with van der Waals surface area (Å²) in [7, 11) is 0. The van der Waals surface area contributed by atoms with E-state index in [9.17, 15) is 0 Å². The SMILES string of the molecule is CCn1cc(C(N)C2CCCCCCC2)cn1. The molecule has 2 rings (SSSR count). The number of hydrogen-bond donors (Lipinski definition) is 1. The molecule has 0 spiro atoms. The van der Waals surface area contributed by atoms with Crippen molar-refractivity contribution in [3.8, 4) is 0 Å². The van der Waals surface area contributed by atoms with E-state index in [1.807, 2.05) is 10.9 Å². The maximum atomic E-state index is 6.40. The van der Waals surface area contributed by atoms with E-state index in [2.05, 4.69) is 18.2 Å². The first kappa shape index (κ1) is 12.6. The van der Waals surface area contributed by atoms with E-state index in [0.29, 0.717) is 5.92 Å². The van der Waals surface area contributed by atoms with Crippen molar-refractivity contribution in [3.05, 3.63) is 18.0 Å². The Kier molecular flexibility index (Phi) is 4.60. The Morgan fingerprint density at radius 3 is 2.53 bits per heavy atom. The molecule has 96 valence electrons. The van der Waals surface area contributed by atoms with Crippen LogP contribution < -0.4 is 5.73 Å². The second kappa shape index (κ2) is 6.20. The van der Waals surface area contributed by atoms with Crippen LogP contribution in [0.3, 0.4) is 0 Å². The van der Waals surface area contributed by atoms with Crippen LogP contribution in [0.25, 0.3) is 0 Å². The van der Waals surface area contributed by atoms with Crippen molar-refractivity contribution < 1.29 is 0 Å². The molecule has 0 radical (unpaired) electrons. The number of hydrogen-bond acceptors (Lipinski definition) is 2. The Morgan fingerprint density at radius 2 is 1.94 bits per heavy atom. The highest BCUT2D eigenvalue weighted by molar-refractivity contribution is 5.11. The fourth-order valence-corrected chi connectivity index (χ4v) is 2.84. The second-order valence-electron chi connectivity index (χ2n) is 5.26. The van der Waals surface area contributed by atoms with Crippen LogP contribution in [-0.4, -0.2) is 9.78 Å². The molecule has 1 aliphatic rings. The van der Waals surface area contributed by atoms with E-state index in [1.165, 1.54) is 50.5 Å². The summed E-state index contributed by atoms with van der Waals surface area (Å²) >= 11 is 0. The first-order valence-electron chi connectivity index (χ1n) is 7.09. The summed E-state index contributed by atoms with van der Waals surface area (Å²) in [5.74, 6) is 0.657. The van der Waals surface area contributed by atoms with Gasteiger partial charge in [-0.25, -0.2) is 0 Å². The molecule has 1 aromatic heterocycles. The van der Waals surface area contributed by atoms with Gasteiger partial charge in [0.05, 0.1) is 6.20 Å². The normalized spacial score (nSPS) is 20.8. The average molecular weight is 235 g/mol. The monoisotopic (exact) mass is 235 g/mol. The lowest BCUT2D eigenvalue weighted by atomic mass is 9.84. The van der Waals surface area contributed by atoms with Crippen LogP contribution in [0.2, 0.25) is 0 Å². The van der Waals surface area contributed by atoms with E-state index >= 15 is 0 Å². The van der Waals surface area contributed by atoms with Gasteiger partial charge in [0.1, 0.15) is 0 Å². The fraction of sp³-hybridized carbons (Fsp3) is 0.786. The Bertz CT molecular complexity index is 324. The van der Waals surface area contributed by atoms with E-state index in [0.717, 1.165) is 6.54 Å². The Hall–Kier alpha value is -0.830. The molecule has 0 aromatic carbocycles. The molecule has 1 saturated carbocycles. The molecule has 1 fully saturated rings. The molecule has 3 nitrogen and oxygen atoms in total. The zero-order valence-electron chi connectivity index (χ0n) is 10.9. The number of nitrogens with zero attached hydrogens (tertiary/aromatic N) is 2. The maximum Gasteiger partial charge on any atom is 0.0537 e. The molecule has 2 N–H and O–H groups in total. The van der Waals surface area contributed by atoms with Gasteiger partial charge < -0.3 is 5.73 Å². The van der Waals surface area contributed by atoms with Gasteiger partial charge >= 0.3 is 0 Å². The lowest BCUT2D eigenvalue weighted by Crippen LogP contribution is -2.22. The summed E-state index contributed by atoms with van der Waals surface area (Å²) in [4.78, 5) is 0. The van der Waals surface area contributed by atoms with Gasteiger partial charge in [-0.05, 0) is 25.7 Å². The number of aromatic nitrogens is 2. The molecular formula is C14H25N3. The van der Waals surface area contributed by atoms with Crippen LogP contribution in [0.4, 0.5) is 0 Å². The summed E-state index contributed by atoms with van der Waals surface area (Å²) < 4.78 is 1.97. The molecule has 1 aliphatic carbocycles. The van der Waals surface area contributed by atoms with Gasteiger partial charge in [-0.1, -0.05) is 32.1 Å². The Labute approximate surface area is 104 Å². The third-order valence-corrected chi connectivity index (χ3v) is 4.02. The molecule has 17 heavy (non-hydrogen) atoms. The van der Waals surface area contributed by atoms with Crippen molar-refractivity contribution >= 4 is 0 Å². The lowest BCUT2D eigenvalue weighted by molar-refractivity contribution is 0.327. The van der Waals surface area contributed by atoms with Crippen LogP contribution in [0.1, 0.15) is 63.5 Å². The minimum Gasteiger partial charge on any atom is -0.324 e. The molecule has 0 aliphatic heterocycles. The van der Waals surface area contributed by atoms with Gasteiger partial charge in [-0.3, -0.25) is 4.68 Å². The lowest BCUT2D eigenvalue weighted by Gasteiger charge is -2.25. The molecule has 0 saturated heterocycles. The second-order valence-corrected chi connectivity index (χ2v) is 5.26. The zero-order chi connectivity index (χ0) is 12.1. The predicted molar refractivity (Wildman–Crippen MR) is 70.6 cm³/mol. The summed E-state index contributed by atoms with van der Waals surface area (Å²) in [6.07, 6.45) is 13.5. The molecule has 0 bridgehead atoms. The summed E-state index contributed by atoms with van der Waals surface area (Å²) in [5, 5.41) is 4.33. The molecule has 3 heteroatoms. The van der Waals surface area contributed by atoms with Crippen LogP contribution >= 0.6 is 0 Å². The average Bonchev–Trinajstić information content (AvgIpc) is 2.76. The molecule has 1 heterocycles. The third kappa shape index (κ3) is 3.32. The fourth-order valence-electron chi connectivity index (χ4n) is 2.84. The van der Waals surface area contributed by atoms with E-state index in [4.69, 9.17) is 5.73 Å². The largest absolute Gasteiger partial charge is 0.324 e. The maximum absolute atomic E-state index is 6.40. The topological polar surface area (TPSA) is 43.8 Å². The standard InChI is InChI=1S/C14H25N3/c1-2-17-11-13(10-16-17)14(15)12-8-6-4-3-5-7-9-12/h10-12,14H,2-9,15H2,1H3. The molecular weight excluding hydrogens is 210 g/mol. The first-order valence-corrected chi connectivity index (χ1v) is 7.09. The third-order valence-electron chi connectivity index (χ3n) is 4.02. The molecule has 1 atom stereocenters. The van der Waals surface area contributed by atoms with Crippen LogP contribution in [0, 0.1) is 5.92 Å². The van der Waals surface area contributed by atoms with Crippen molar-refractivity contribution in [3.63, 3.8) is 0 Å². The highest BCUT2D eigenvalue weighted by Crippen LogP contribution is 2.31. The van der Waals surface area contributed by atoms with E-state index in [-0.39, 0.29) is 6.04 Å². The van der Waals surface area contributed by atoms with E-state index < -0.39 is 0 Å². The van der Waals surface area contributed by atoms with Crippen molar-refractivity contribution in [2.45, 2.75) is 64.5 Å². The van der Waals surface area contributed by atoms with Crippen molar-refractivity contribution in [1.29, 1.82) is 0 Å². The quantitative estimate of drug-likeness (QED) is 0.874. The van der Waals surface area contributed by atoms with Gasteiger partial charge in [0, 0.05) is 24.3 Å². The highest BCUT2D eigenvalue weighted by Gasteiger charge is 2.21. The van der Waals surface area contributed by atoms with Crippen LogP contribution in [0.5, 0.6) is 0 Å².